The summed E-state index contributed by atoms with van der Waals surface area (Å²) in [6.45, 7) is 4.92. The summed E-state index contributed by atoms with van der Waals surface area (Å²) in [4.78, 5) is 24.0. The molecule has 1 aromatic carbocycles. The van der Waals surface area contributed by atoms with E-state index >= 15 is 0 Å². The maximum Gasteiger partial charge on any atom is 0.354 e. The van der Waals surface area contributed by atoms with Gasteiger partial charge in [0.15, 0.2) is 5.69 Å². The standard InChI is InChI=1S/C17H20N4O3/c1-12-11-15(16(22)23)19-17(18-12)21-9-7-20(8-10-21)13-3-5-14(24-2)6-4-13/h3-6,11H,7-10H2,1-2H3,(H,22,23). The Kier molecular flexibility index (Phi) is 4.50. The molecule has 1 aromatic heterocycles. The lowest BCUT2D eigenvalue weighted by Gasteiger charge is -2.36. The largest absolute Gasteiger partial charge is 0.497 e. The van der Waals surface area contributed by atoms with Gasteiger partial charge in [-0.1, -0.05) is 0 Å². The number of carbonyl (C=O) groups is 1. The molecule has 7 heteroatoms. The molecule has 3 rings (SSSR count). The van der Waals surface area contributed by atoms with Crippen LogP contribution in [0, 0.1) is 6.92 Å². The Bertz CT molecular complexity index is 725. The maximum atomic E-state index is 11.2. The Morgan fingerprint density at radius 1 is 1.08 bits per heavy atom. The normalized spacial score (nSPS) is 14.6. The molecule has 0 amide bonds. The van der Waals surface area contributed by atoms with Crippen molar-refractivity contribution in [3.63, 3.8) is 0 Å². The Labute approximate surface area is 140 Å². The lowest BCUT2D eigenvalue weighted by Crippen LogP contribution is -2.47. The number of hydrogen-bond acceptors (Lipinski definition) is 6. The van der Waals surface area contributed by atoms with Crippen molar-refractivity contribution < 1.29 is 14.6 Å². The zero-order valence-corrected chi connectivity index (χ0v) is 13.8. The van der Waals surface area contributed by atoms with E-state index in [1.165, 1.54) is 6.07 Å². The highest BCUT2D eigenvalue weighted by Crippen LogP contribution is 2.21. The number of benzene rings is 1. The van der Waals surface area contributed by atoms with Crippen molar-refractivity contribution in [3.8, 4) is 5.75 Å². The number of methoxy groups -OCH3 is 1. The molecule has 1 aliphatic rings. The second kappa shape index (κ2) is 6.74. The smallest absolute Gasteiger partial charge is 0.354 e. The number of carboxylic acid groups (broad SMARTS) is 1. The van der Waals surface area contributed by atoms with Crippen LogP contribution >= 0.6 is 0 Å². The van der Waals surface area contributed by atoms with E-state index < -0.39 is 5.97 Å². The van der Waals surface area contributed by atoms with Crippen LogP contribution in [-0.4, -0.2) is 54.3 Å². The van der Waals surface area contributed by atoms with Gasteiger partial charge in [0, 0.05) is 37.6 Å². The van der Waals surface area contributed by atoms with E-state index in [4.69, 9.17) is 9.84 Å². The molecule has 0 bridgehead atoms. The molecule has 0 aliphatic carbocycles. The number of ether oxygens (including phenoxy) is 1. The van der Waals surface area contributed by atoms with Crippen LogP contribution in [0.2, 0.25) is 0 Å². The first-order valence-corrected chi connectivity index (χ1v) is 7.80. The van der Waals surface area contributed by atoms with Gasteiger partial charge in [0.05, 0.1) is 7.11 Å². The Balaban J connectivity index is 1.69. The highest BCUT2D eigenvalue weighted by atomic mass is 16.5. The van der Waals surface area contributed by atoms with E-state index in [1.807, 2.05) is 29.2 Å². The van der Waals surface area contributed by atoms with Gasteiger partial charge in [0.2, 0.25) is 5.95 Å². The van der Waals surface area contributed by atoms with E-state index in [0.29, 0.717) is 11.6 Å². The van der Waals surface area contributed by atoms with Crippen molar-refractivity contribution in [1.82, 2.24) is 9.97 Å². The summed E-state index contributed by atoms with van der Waals surface area (Å²) >= 11 is 0. The lowest BCUT2D eigenvalue weighted by atomic mass is 10.2. The zero-order chi connectivity index (χ0) is 17.1. The SMILES string of the molecule is COc1ccc(N2CCN(c3nc(C)cc(C(=O)O)n3)CC2)cc1. The third kappa shape index (κ3) is 3.40. The molecule has 24 heavy (non-hydrogen) atoms. The molecule has 0 saturated carbocycles. The number of aromatic carboxylic acids is 1. The highest BCUT2D eigenvalue weighted by molar-refractivity contribution is 5.85. The molecule has 0 atom stereocenters. The van der Waals surface area contributed by atoms with Crippen molar-refractivity contribution in [3.05, 3.63) is 41.7 Å². The molecular weight excluding hydrogens is 308 g/mol. The summed E-state index contributed by atoms with van der Waals surface area (Å²) in [6, 6.07) is 9.47. The molecule has 7 nitrogen and oxygen atoms in total. The first-order valence-electron chi connectivity index (χ1n) is 7.80. The predicted octanol–water partition coefficient (Wildman–Crippen LogP) is 1.82. The van der Waals surface area contributed by atoms with Crippen LogP contribution in [0.5, 0.6) is 5.75 Å². The number of carboxylic acids is 1. The van der Waals surface area contributed by atoms with Gasteiger partial charge in [-0.25, -0.2) is 14.8 Å². The molecule has 0 spiro atoms. The molecular formula is C17H20N4O3. The summed E-state index contributed by atoms with van der Waals surface area (Å²) in [6.07, 6.45) is 0. The molecule has 0 radical (unpaired) electrons. The predicted molar refractivity (Wildman–Crippen MR) is 91.1 cm³/mol. The number of piperazine rings is 1. The van der Waals surface area contributed by atoms with Gasteiger partial charge >= 0.3 is 5.97 Å². The average molecular weight is 328 g/mol. The van der Waals surface area contributed by atoms with Crippen LogP contribution in [0.25, 0.3) is 0 Å². The summed E-state index contributed by atoms with van der Waals surface area (Å²) in [5.41, 5.74) is 1.84. The third-order valence-electron chi connectivity index (χ3n) is 4.06. The molecule has 0 unspecified atom stereocenters. The van der Waals surface area contributed by atoms with Crippen molar-refractivity contribution in [2.75, 3.05) is 43.1 Å². The van der Waals surface area contributed by atoms with Crippen molar-refractivity contribution >= 4 is 17.6 Å². The van der Waals surface area contributed by atoms with Crippen LogP contribution in [-0.2, 0) is 0 Å². The van der Waals surface area contributed by atoms with Gasteiger partial charge in [0.1, 0.15) is 5.75 Å². The summed E-state index contributed by atoms with van der Waals surface area (Å²) in [5, 5.41) is 9.14. The Morgan fingerprint density at radius 3 is 2.29 bits per heavy atom. The van der Waals surface area contributed by atoms with E-state index in [0.717, 1.165) is 37.6 Å². The average Bonchev–Trinajstić information content (AvgIpc) is 2.61. The number of nitrogens with zero attached hydrogens (tertiary/aromatic N) is 4. The molecule has 1 saturated heterocycles. The fourth-order valence-electron chi connectivity index (χ4n) is 2.76. The van der Waals surface area contributed by atoms with Crippen LogP contribution < -0.4 is 14.5 Å². The number of aryl methyl sites for hydroxylation is 1. The van der Waals surface area contributed by atoms with Gasteiger partial charge in [-0.15, -0.1) is 0 Å². The minimum atomic E-state index is -1.03. The fourth-order valence-corrected chi connectivity index (χ4v) is 2.76. The van der Waals surface area contributed by atoms with Crippen molar-refractivity contribution in [2.24, 2.45) is 0 Å². The monoisotopic (exact) mass is 328 g/mol. The van der Waals surface area contributed by atoms with E-state index in [-0.39, 0.29) is 5.69 Å². The van der Waals surface area contributed by atoms with Gasteiger partial charge in [-0.3, -0.25) is 0 Å². The van der Waals surface area contributed by atoms with Gasteiger partial charge in [0.25, 0.3) is 0 Å². The third-order valence-corrected chi connectivity index (χ3v) is 4.06. The minimum Gasteiger partial charge on any atom is -0.497 e. The summed E-state index contributed by atoms with van der Waals surface area (Å²) in [7, 11) is 1.65. The summed E-state index contributed by atoms with van der Waals surface area (Å²) in [5.74, 6) is 0.298. The maximum absolute atomic E-state index is 11.2. The number of rotatable bonds is 4. The van der Waals surface area contributed by atoms with E-state index in [9.17, 15) is 4.79 Å². The number of anilines is 2. The quantitative estimate of drug-likeness (QED) is 0.917. The highest BCUT2D eigenvalue weighted by Gasteiger charge is 2.21. The van der Waals surface area contributed by atoms with Gasteiger partial charge in [-0.2, -0.15) is 0 Å². The van der Waals surface area contributed by atoms with Gasteiger partial charge < -0.3 is 19.6 Å². The minimum absolute atomic E-state index is 0.0371. The Hall–Kier alpha value is -2.83. The fraction of sp³-hybridized carbons (Fsp3) is 0.353. The molecule has 1 fully saturated rings. The Morgan fingerprint density at radius 2 is 1.71 bits per heavy atom. The lowest BCUT2D eigenvalue weighted by molar-refractivity contribution is 0.0690. The summed E-state index contributed by atoms with van der Waals surface area (Å²) < 4.78 is 5.18. The van der Waals surface area contributed by atoms with Crippen molar-refractivity contribution in [2.45, 2.75) is 6.92 Å². The topological polar surface area (TPSA) is 78.8 Å². The second-order valence-electron chi connectivity index (χ2n) is 5.67. The first kappa shape index (κ1) is 16.0. The van der Waals surface area contributed by atoms with Gasteiger partial charge in [-0.05, 0) is 37.3 Å². The number of aromatic nitrogens is 2. The molecule has 2 heterocycles. The molecule has 2 aromatic rings. The first-order chi connectivity index (χ1) is 11.6. The van der Waals surface area contributed by atoms with Crippen LogP contribution in [0.15, 0.2) is 30.3 Å². The van der Waals surface area contributed by atoms with E-state index in [1.54, 1.807) is 14.0 Å². The molecule has 1 aliphatic heterocycles. The van der Waals surface area contributed by atoms with Crippen LogP contribution in [0.4, 0.5) is 11.6 Å². The second-order valence-corrected chi connectivity index (χ2v) is 5.67. The van der Waals surface area contributed by atoms with Crippen molar-refractivity contribution in [1.29, 1.82) is 0 Å². The van der Waals surface area contributed by atoms with Crippen LogP contribution in [0.1, 0.15) is 16.2 Å². The molecule has 1 N–H and O–H groups in total. The van der Waals surface area contributed by atoms with E-state index in [2.05, 4.69) is 14.9 Å². The zero-order valence-electron chi connectivity index (χ0n) is 13.8. The van der Waals surface area contributed by atoms with Crippen LogP contribution in [0.3, 0.4) is 0 Å². The molecule has 126 valence electrons. The number of hydrogen-bond donors (Lipinski definition) is 1.